The van der Waals surface area contributed by atoms with Crippen LogP contribution in [0.1, 0.15) is 0 Å². The minimum atomic E-state index is 0. The third-order valence-electron chi connectivity index (χ3n) is 1.11. The minimum Gasteiger partial charge on any atom is -1.00 e. The molecule has 0 unspecified atom stereocenters. The first-order chi connectivity index (χ1) is 6.41. The van der Waals surface area contributed by atoms with Gasteiger partial charge in [0.1, 0.15) is 0 Å². The van der Waals surface area contributed by atoms with Gasteiger partial charge in [-0.25, -0.2) is 24.3 Å². The van der Waals surface area contributed by atoms with Gasteiger partial charge >= 0.3 is 21.7 Å². The second-order valence-electron chi connectivity index (χ2n) is 2.50. The zero-order chi connectivity index (χ0) is 9.78. The molecule has 0 saturated carbocycles. The standard InChI is InChI=1S/2C5H5.C2H7Si.ClH.Ti/c2*1-2-4-5-3-1;1-3-2;;/h2*1-5H;3H,1-2H3;1H;/q2*-1;;;+3/p-1. The molecule has 80 valence electrons. The van der Waals surface area contributed by atoms with E-state index in [9.17, 15) is 0 Å². The zero-order valence-corrected chi connectivity index (χ0v) is 12.7. The first kappa shape index (κ1) is 20.3. The van der Waals surface area contributed by atoms with Crippen molar-refractivity contribution in [3.63, 3.8) is 0 Å². The molecule has 0 atom stereocenters. The molecule has 0 spiro atoms. The van der Waals surface area contributed by atoms with Crippen molar-refractivity contribution in [3.8, 4) is 0 Å². The molecule has 0 aromatic heterocycles. The van der Waals surface area contributed by atoms with E-state index in [1.807, 2.05) is 60.7 Å². The van der Waals surface area contributed by atoms with Crippen molar-refractivity contribution >= 4 is 9.52 Å². The molecule has 0 aliphatic heterocycles. The second-order valence-corrected chi connectivity index (χ2v) is 3.66. The van der Waals surface area contributed by atoms with Gasteiger partial charge in [-0.15, -0.1) is 0 Å². The Hall–Kier alpha value is -0.0788. The summed E-state index contributed by atoms with van der Waals surface area (Å²) < 4.78 is 0. The summed E-state index contributed by atoms with van der Waals surface area (Å²) in [4.78, 5) is 0. The summed E-state index contributed by atoms with van der Waals surface area (Å²) in [5, 5.41) is 0. The van der Waals surface area contributed by atoms with Crippen LogP contribution in [-0.2, 0) is 21.7 Å². The van der Waals surface area contributed by atoms with Crippen LogP contribution in [0.25, 0.3) is 0 Å². The van der Waals surface area contributed by atoms with Gasteiger partial charge in [0.05, 0.1) is 0 Å². The molecule has 0 aliphatic carbocycles. The fourth-order valence-corrected chi connectivity index (χ4v) is 0.642. The van der Waals surface area contributed by atoms with Gasteiger partial charge in [0, 0.05) is 9.52 Å². The van der Waals surface area contributed by atoms with E-state index < -0.39 is 0 Å². The molecule has 0 nitrogen and oxygen atoms in total. The quantitative estimate of drug-likeness (QED) is 0.479. The molecule has 15 heavy (non-hydrogen) atoms. The summed E-state index contributed by atoms with van der Waals surface area (Å²) >= 11 is 0. The fourth-order valence-electron chi connectivity index (χ4n) is 0.642. The first-order valence-electron chi connectivity index (χ1n) is 4.49. The molecular formula is C12H17ClSiTi. The third-order valence-corrected chi connectivity index (χ3v) is 1.11. The van der Waals surface area contributed by atoms with E-state index in [4.69, 9.17) is 0 Å². The van der Waals surface area contributed by atoms with Gasteiger partial charge in [0.25, 0.3) is 0 Å². The van der Waals surface area contributed by atoms with E-state index in [-0.39, 0.29) is 34.1 Å². The van der Waals surface area contributed by atoms with Gasteiger partial charge < -0.3 is 12.4 Å². The Labute approximate surface area is 117 Å². The molecule has 0 heterocycles. The Morgan fingerprint density at radius 1 is 0.733 bits per heavy atom. The smallest absolute Gasteiger partial charge is 1.00 e. The van der Waals surface area contributed by atoms with Gasteiger partial charge in [-0.2, -0.15) is 36.4 Å². The van der Waals surface area contributed by atoms with E-state index in [2.05, 4.69) is 13.1 Å². The van der Waals surface area contributed by atoms with Gasteiger partial charge in [-0.05, 0) is 0 Å². The van der Waals surface area contributed by atoms with Crippen LogP contribution < -0.4 is 12.4 Å². The molecular weight excluding hydrogens is 256 g/mol. The van der Waals surface area contributed by atoms with Crippen molar-refractivity contribution in [2.24, 2.45) is 0 Å². The fraction of sp³-hybridized carbons (Fsp3) is 0.167. The van der Waals surface area contributed by atoms with Crippen molar-refractivity contribution < 1.29 is 34.1 Å². The normalized spacial score (nSPS) is 6.53. The Bertz CT molecular complexity index is 167. The largest absolute Gasteiger partial charge is 3.00 e. The van der Waals surface area contributed by atoms with Gasteiger partial charge in [0.2, 0.25) is 0 Å². The van der Waals surface area contributed by atoms with Crippen molar-refractivity contribution in [1.82, 2.24) is 0 Å². The van der Waals surface area contributed by atoms with Crippen LogP contribution in [0.5, 0.6) is 0 Å². The van der Waals surface area contributed by atoms with Crippen molar-refractivity contribution in [1.29, 1.82) is 0 Å². The van der Waals surface area contributed by atoms with E-state index in [0.717, 1.165) is 9.52 Å². The summed E-state index contributed by atoms with van der Waals surface area (Å²) in [7, 11) is 0.750. The summed E-state index contributed by atoms with van der Waals surface area (Å²) in [6.07, 6.45) is 0. The molecule has 0 bridgehead atoms. The van der Waals surface area contributed by atoms with Crippen LogP contribution in [0.3, 0.4) is 0 Å². The molecule has 0 aliphatic rings. The van der Waals surface area contributed by atoms with Crippen LogP contribution in [0, 0.1) is 0 Å². The minimum absolute atomic E-state index is 0. The Kier molecular flexibility index (Phi) is 26.4. The monoisotopic (exact) mass is 272 g/mol. The summed E-state index contributed by atoms with van der Waals surface area (Å²) in [6, 6.07) is 20.0. The summed E-state index contributed by atoms with van der Waals surface area (Å²) in [6.45, 7) is 4.42. The predicted molar refractivity (Wildman–Crippen MR) is 62.9 cm³/mol. The van der Waals surface area contributed by atoms with Crippen LogP contribution >= 0.6 is 0 Å². The van der Waals surface area contributed by atoms with Gasteiger partial charge in [0.15, 0.2) is 0 Å². The van der Waals surface area contributed by atoms with Crippen LogP contribution in [0.2, 0.25) is 13.1 Å². The number of hydrogen-bond acceptors (Lipinski definition) is 0. The summed E-state index contributed by atoms with van der Waals surface area (Å²) in [5.41, 5.74) is 0. The second kappa shape index (κ2) is 19.5. The van der Waals surface area contributed by atoms with E-state index >= 15 is 0 Å². The van der Waals surface area contributed by atoms with Crippen LogP contribution in [0.15, 0.2) is 60.7 Å². The average molecular weight is 273 g/mol. The first-order valence-corrected chi connectivity index (χ1v) is 6.80. The maximum absolute atomic E-state index is 2.21. The molecule has 0 saturated heterocycles. The number of hydrogen-bond donors (Lipinski definition) is 0. The Balaban J connectivity index is -0.000000140. The summed E-state index contributed by atoms with van der Waals surface area (Å²) in [5.74, 6) is 0. The zero-order valence-electron chi connectivity index (χ0n) is 9.23. The SMILES string of the molecule is C[SiH]C.[Cl-].[Ti+3].c1cc[cH-]c1.c1cc[cH-]c1. The van der Waals surface area contributed by atoms with Crippen molar-refractivity contribution in [2.45, 2.75) is 13.1 Å². The number of rotatable bonds is 0. The van der Waals surface area contributed by atoms with E-state index in [1.165, 1.54) is 0 Å². The maximum atomic E-state index is 2.21. The molecule has 2 aromatic rings. The molecule has 0 N–H and O–H groups in total. The van der Waals surface area contributed by atoms with Gasteiger partial charge in [-0.3, -0.25) is 0 Å². The average Bonchev–Trinajstić information content (AvgIpc) is 2.85. The molecule has 0 amide bonds. The molecule has 2 rings (SSSR count). The van der Waals surface area contributed by atoms with E-state index in [0.29, 0.717) is 0 Å². The topological polar surface area (TPSA) is 0 Å². The van der Waals surface area contributed by atoms with Crippen LogP contribution in [0.4, 0.5) is 0 Å². The van der Waals surface area contributed by atoms with E-state index in [1.54, 1.807) is 0 Å². The Morgan fingerprint density at radius 2 is 0.933 bits per heavy atom. The third kappa shape index (κ3) is 20.1. The Morgan fingerprint density at radius 3 is 1.00 bits per heavy atom. The molecule has 2 aromatic carbocycles. The van der Waals surface area contributed by atoms with Crippen LogP contribution in [-0.4, -0.2) is 9.52 Å². The molecule has 3 heteroatoms. The predicted octanol–water partition coefficient (Wildman–Crippen LogP) is 0.332. The molecule has 2 radical (unpaired) electrons. The van der Waals surface area contributed by atoms with Crippen molar-refractivity contribution in [2.75, 3.05) is 0 Å². The molecule has 0 fully saturated rings. The van der Waals surface area contributed by atoms with Crippen molar-refractivity contribution in [3.05, 3.63) is 60.7 Å². The maximum Gasteiger partial charge on any atom is 3.00 e. The number of halogens is 1. The van der Waals surface area contributed by atoms with Gasteiger partial charge in [-0.1, -0.05) is 13.1 Å².